The largest absolute Gasteiger partial charge is 0.416 e. The van der Waals surface area contributed by atoms with Crippen molar-refractivity contribution in [2.45, 2.75) is 32.6 Å². The van der Waals surface area contributed by atoms with Gasteiger partial charge in [0.2, 0.25) is 6.19 Å². The van der Waals surface area contributed by atoms with E-state index in [1.54, 1.807) is 50.4 Å². The lowest BCUT2D eigenvalue weighted by atomic mass is 9.93. The average Bonchev–Trinajstić information content (AvgIpc) is 3.57. The number of hydrogen-bond acceptors (Lipinski definition) is 5. The maximum atomic E-state index is 14.3. The fraction of sp³-hybridized carbons (Fsp3) is 0.125. The molecule has 7 rings (SSSR count). The van der Waals surface area contributed by atoms with Crippen LogP contribution in [0.5, 0.6) is 0 Å². The van der Waals surface area contributed by atoms with E-state index in [0.717, 1.165) is 24.3 Å². The first kappa shape index (κ1) is 34.1. The number of allylic oxidation sites excluding steroid dienone is 2. The van der Waals surface area contributed by atoms with Crippen LogP contribution in [0.25, 0.3) is 55.9 Å². The van der Waals surface area contributed by atoms with Crippen LogP contribution >= 0.6 is 0 Å². The highest BCUT2D eigenvalue weighted by Gasteiger charge is 2.37. The number of nitrogens with zero attached hydrogens (tertiary/aromatic N) is 5. The molecule has 2 aliphatic carbocycles. The van der Waals surface area contributed by atoms with E-state index in [4.69, 9.17) is 9.97 Å². The number of halogens is 7. The third kappa shape index (κ3) is 5.63. The normalized spacial score (nSPS) is 14.6. The Bertz CT molecular complexity index is 2540. The molecule has 0 unspecified atom stereocenters. The van der Waals surface area contributed by atoms with E-state index in [9.17, 15) is 41.3 Å². The first-order chi connectivity index (χ1) is 24.6. The summed E-state index contributed by atoms with van der Waals surface area (Å²) in [5.41, 5.74) is 3.66. The van der Waals surface area contributed by atoms with Crippen molar-refractivity contribution >= 4 is 16.9 Å². The number of rotatable bonds is 4. The summed E-state index contributed by atoms with van der Waals surface area (Å²) in [5.74, 6) is -1.08. The molecule has 0 saturated carbocycles. The summed E-state index contributed by atoms with van der Waals surface area (Å²) in [6, 6.07) is 17.7. The third-order valence-corrected chi connectivity index (χ3v) is 9.03. The van der Waals surface area contributed by atoms with E-state index >= 15 is 0 Å². The van der Waals surface area contributed by atoms with Gasteiger partial charge in [0.25, 0.3) is 0 Å². The van der Waals surface area contributed by atoms with Crippen LogP contribution in [-0.2, 0) is 12.4 Å². The number of aliphatic imine (C=N–C) groups is 1. The van der Waals surface area contributed by atoms with Crippen LogP contribution < -0.4 is 0 Å². The molecular weight excluding hydrogens is 683 g/mol. The number of benzene rings is 4. The average molecular weight is 706 g/mol. The Labute approximate surface area is 292 Å². The van der Waals surface area contributed by atoms with Crippen molar-refractivity contribution in [3.8, 4) is 57.0 Å². The lowest BCUT2D eigenvalue weighted by Crippen LogP contribution is -2.06. The van der Waals surface area contributed by atoms with Crippen LogP contribution in [0.4, 0.5) is 30.7 Å². The highest BCUT2D eigenvalue weighted by Crippen LogP contribution is 2.49. The van der Waals surface area contributed by atoms with Gasteiger partial charge in [-0.3, -0.25) is 0 Å². The Morgan fingerprint density at radius 3 is 1.83 bits per heavy atom. The van der Waals surface area contributed by atoms with Gasteiger partial charge < -0.3 is 0 Å². The van der Waals surface area contributed by atoms with Gasteiger partial charge in [-0.05, 0) is 95.3 Å². The highest BCUT2D eigenvalue weighted by atomic mass is 19.4. The van der Waals surface area contributed by atoms with Gasteiger partial charge in [0.05, 0.1) is 34.3 Å². The molecule has 0 fully saturated rings. The summed E-state index contributed by atoms with van der Waals surface area (Å²) in [7, 11) is 0. The predicted octanol–water partition coefficient (Wildman–Crippen LogP) is 11.0. The zero-order valence-electron chi connectivity index (χ0n) is 27.2. The molecule has 52 heavy (non-hydrogen) atoms. The molecule has 5 nitrogen and oxygen atoms in total. The Morgan fingerprint density at radius 1 is 0.692 bits per heavy atom. The predicted molar refractivity (Wildman–Crippen MR) is 182 cm³/mol. The molecule has 0 saturated heterocycles. The first-order valence-electron chi connectivity index (χ1n) is 15.7. The molecule has 0 N–H and O–H groups in total. The molecule has 12 heteroatoms. The van der Waals surface area contributed by atoms with E-state index in [0.29, 0.717) is 79.7 Å². The molecule has 1 heterocycles. The monoisotopic (exact) mass is 705 g/mol. The van der Waals surface area contributed by atoms with Crippen LogP contribution in [0.15, 0.2) is 89.9 Å². The molecule has 1 aromatic heterocycles. The SMILES string of the molecule is C=C(C)c1cc(-c2ccc3c(c2)/C(=C(/C#N)CC)c2nc4c(nc2-3)C(=NC#N)c2cc(-c3cc(F)cc(C(F)(F)F)c3)ccc2-4)cc(C(F)(F)F)c1. The second-order valence-corrected chi connectivity index (χ2v) is 12.3. The van der Waals surface area contributed by atoms with E-state index < -0.39 is 29.3 Å². The van der Waals surface area contributed by atoms with Gasteiger partial charge in [-0.15, -0.1) is 0 Å². The van der Waals surface area contributed by atoms with Gasteiger partial charge in [0.15, 0.2) is 0 Å². The van der Waals surface area contributed by atoms with Gasteiger partial charge in [0, 0.05) is 27.8 Å². The summed E-state index contributed by atoms with van der Waals surface area (Å²) in [6.45, 7) is 7.21. The van der Waals surface area contributed by atoms with E-state index in [2.05, 4.69) is 17.6 Å². The number of alkyl halides is 6. The highest BCUT2D eigenvalue weighted by molar-refractivity contribution is 6.24. The molecule has 0 bridgehead atoms. The van der Waals surface area contributed by atoms with Gasteiger partial charge in [-0.25, -0.2) is 14.4 Å². The molecule has 0 amide bonds. The summed E-state index contributed by atoms with van der Waals surface area (Å²) in [6.07, 6.45) is -7.34. The Balaban J connectivity index is 1.40. The molecule has 0 spiro atoms. The minimum absolute atomic E-state index is 0.0431. The summed E-state index contributed by atoms with van der Waals surface area (Å²) in [5, 5.41) is 19.8. The van der Waals surface area contributed by atoms with Crippen LogP contribution in [0.3, 0.4) is 0 Å². The molecule has 256 valence electrons. The third-order valence-electron chi connectivity index (χ3n) is 9.03. The maximum absolute atomic E-state index is 14.3. The van der Waals surface area contributed by atoms with Crippen LogP contribution in [-0.4, -0.2) is 15.7 Å². The molecule has 4 aromatic carbocycles. The molecule has 0 aliphatic heterocycles. The second kappa shape index (κ2) is 12.1. The van der Waals surface area contributed by atoms with Crippen molar-refractivity contribution in [1.29, 1.82) is 10.5 Å². The number of nitriles is 2. The Morgan fingerprint density at radius 2 is 1.25 bits per heavy atom. The molecule has 0 radical (unpaired) electrons. The fourth-order valence-corrected chi connectivity index (χ4v) is 6.57. The molecular formula is C40H22F7N5. The Kier molecular flexibility index (Phi) is 7.95. The molecule has 2 aliphatic rings. The minimum atomic E-state index is -4.78. The van der Waals surface area contributed by atoms with E-state index in [-0.39, 0.29) is 28.1 Å². The molecule has 0 atom stereocenters. The zero-order valence-corrected chi connectivity index (χ0v) is 27.2. The number of hydrogen-bond donors (Lipinski definition) is 0. The van der Waals surface area contributed by atoms with Gasteiger partial charge in [-0.2, -0.15) is 41.9 Å². The lowest BCUT2D eigenvalue weighted by molar-refractivity contribution is -0.138. The van der Waals surface area contributed by atoms with Crippen molar-refractivity contribution in [1.82, 2.24) is 9.97 Å². The van der Waals surface area contributed by atoms with Gasteiger partial charge in [0.1, 0.15) is 17.2 Å². The van der Waals surface area contributed by atoms with Crippen molar-refractivity contribution in [2.24, 2.45) is 4.99 Å². The standard InChI is InChI=1S/C40H22F7N5/c1-4-20(17-48)33-31-14-21(24-9-23(19(2)3)10-26(11-24)39(42,43)44)5-7-29(31)35-37(33)51-36-30-8-6-22(15-32(30)34(50-18-49)38(36)52-35)25-12-27(40(45,46)47)16-28(41)13-25/h5-16H,2,4H2,1,3H3/b33-20-,50-34?. The number of fused-ring (bicyclic) bond motifs is 6. The molecule has 5 aromatic rings. The van der Waals surface area contributed by atoms with Crippen molar-refractivity contribution in [2.75, 3.05) is 0 Å². The smallest absolute Gasteiger partial charge is 0.243 e. The minimum Gasteiger partial charge on any atom is -0.243 e. The number of aromatic nitrogens is 2. The topological polar surface area (TPSA) is 85.7 Å². The second-order valence-electron chi connectivity index (χ2n) is 12.3. The van der Waals surface area contributed by atoms with E-state index in [1.807, 2.05) is 0 Å². The lowest BCUT2D eigenvalue weighted by Gasteiger charge is -2.14. The van der Waals surface area contributed by atoms with Crippen molar-refractivity contribution < 1.29 is 30.7 Å². The summed E-state index contributed by atoms with van der Waals surface area (Å²) < 4.78 is 96.5. The van der Waals surface area contributed by atoms with Gasteiger partial charge in [-0.1, -0.05) is 43.3 Å². The summed E-state index contributed by atoms with van der Waals surface area (Å²) >= 11 is 0. The van der Waals surface area contributed by atoms with Crippen LogP contribution in [0.1, 0.15) is 59.5 Å². The van der Waals surface area contributed by atoms with E-state index in [1.165, 1.54) is 12.1 Å². The summed E-state index contributed by atoms with van der Waals surface area (Å²) in [4.78, 5) is 13.8. The van der Waals surface area contributed by atoms with Crippen molar-refractivity contribution in [3.05, 3.63) is 130 Å². The Hall–Kier alpha value is -6.40. The zero-order chi connectivity index (χ0) is 37.3. The van der Waals surface area contributed by atoms with Crippen LogP contribution in [0.2, 0.25) is 0 Å². The van der Waals surface area contributed by atoms with Gasteiger partial charge >= 0.3 is 12.4 Å². The van der Waals surface area contributed by atoms with Crippen LogP contribution in [0, 0.1) is 28.6 Å². The first-order valence-corrected chi connectivity index (χ1v) is 15.7. The maximum Gasteiger partial charge on any atom is 0.416 e. The fourth-order valence-electron chi connectivity index (χ4n) is 6.57. The van der Waals surface area contributed by atoms with Crippen molar-refractivity contribution in [3.63, 3.8) is 0 Å². The quantitative estimate of drug-likeness (QED) is 0.104.